The molecule has 21 heavy (non-hydrogen) atoms. The minimum absolute atomic E-state index is 0. The third-order valence-corrected chi connectivity index (χ3v) is 2.48. The highest BCUT2D eigenvalue weighted by Crippen LogP contribution is 2.35. The Labute approximate surface area is 127 Å². The van der Waals surface area contributed by atoms with Crippen molar-refractivity contribution in [2.45, 2.75) is 32.1 Å². The first-order valence-electron chi connectivity index (χ1n) is 6.06. The Balaban J connectivity index is 0.00000400. The molecule has 120 valence electrons. The molecular weight excluding hydrogens is 309 g/mol. The van der Waals surface area contributed by atoms with Gasteiger partial charge in [-0.2, -0.15) is 13.2 Å². The lowest BCUT2D eigenvalue weighted by Gasteiger charge is -2.18. The first kappa shape index (κ1) is 19.5. The first-order valence-corrected chi connectivity index (χ1v) is 6.06. The van der Waals surface area contributed by atoms with E-state index in [9.17, 15) is 18.0 Å². The molecule has 0 heterocycles. The molecule has 3 N–H and O–H groups in total. The van der Waals surface area contributed by atoms with Gasteiger partial charge in [-0.1, -0.05) is 12.1 Å². The molecule has 0 aliphatic carbocycles. The molecule has 8 heteroatoms. The van der Waals surface area contributed by atoms with Crippen molar-refractivity contribution in [3.05, 3.63) is 29.8 Å². The van der Waals surface area contributed by atoms with Gasteiger partial charge in [0.25, 0.3) is 0 Å². The van der Waals surface area contributed by atoms with Gasteiger partial charge in [-0.05, 0) is 26.0 Å². The van der Waals surface area contributed by atoms with Gasteiger partial charge in [-0.25, -0.2) is 0 Å². The van der Waals surface area contributed by atoms with Crippen molar-refractivity contribution in [2.75, 3.05) is 6.61 Å². The maximum Gasteiger partial charge on any atom is 0.419 e. The predicted octanol–water partition coefficient (Wildman–Crippen LogP) is 2.36. The molecule has 0 radical (unpaired) electrons. The van der Waals surface area contributed by atoms with Crippen molar-refractivity contribution in [2.24, 2.45) is 5.73 Å². The zero-order valence-corrected chi connectivity index (χ0v) is 12.4. The summed E-state index contributed by atoms with van der Waals surface area (Å²) in [4.78, 5) is 11.3. The highest BCUT2D eigenvalue weighted by Gasteiger charge is 2.34. The number of carbonyl (C=O) groups is 1. The molecule has 2 atom stereocenters. The second-order valence-electron chi connectivity index (χ2n) is 4.50. The SMILES string of the molecule is CC(COc1ccccc1C(F)(F)F)NC(=O)[C@@H](C)N.Cl. The fourth-order valence-electron chi connectivity index (χ4n) is 1.46. The fraction of sp³-hybridized carbons (Fsp3) is 0.462. The molecule has 0 aliphatic heterocycles. The maximum absolute atomic E-state index is 12.7. The van der Waals surface area contributed by atoms with Gasteiger partial charge in [-0.3, -0.25) is 4.79 Å². The van der Waals surface area contributed by atoms with Crippen LogP contribution in [0.5, 0.6) is 5.75 Å². The minimum Gasteiger partial charge on any atom is -0.491 e. The molecule has 0 saturated heterocycles. The molecule has 0 fully saturated rings. The maximum atomic E-state index is 12.7. The van der Waals surface area contributed by atoms with E-state index in [1.165, 1.54) is 25.1 Å². The number of ether oxygens (including phenoxy) is 1. The van der Waals surface area contributed by atoms with Crippen LogP contribution >= 0.6 is 12.4 Å². The number of nitrogens with one attached hydrogen (secondary N) is 1. The van der Waals surface area contributed by atoms with Crippen LogP contribution in [0.15, 0.2) is 24.3 Å². The van der Waals surface area contributed by atoms with Gasteiger partial charge >= 0.3 is 6.18 Å². The van der Waals surface area contributed by atoms with Crippen molar-refractivity contribution in [1.82, 2.24) is 5.32 Å². The lowest BCUT2D eigenvalue weighted by atomic mass is 10.2. The number of halogens is 4. The van der Waals surface area contributed by atoms with Crippen molar-refractivity contribution in [1.29, 1.82) is 0 Å². The van der Waals surface area contributed by atoms with Gasteiger partial charge in [0.15, 0.2) is 0 Å². The molecule has 1 unspecified atom stereocenters. The van der Waals surface area contributed by atoms with E-state index < -0.39 is 23.8 Å². The summed E-state index contributed by atoms with van der Waals surface area (Å²) in [7, 11) is 0. The Hall–Kier alpha value is -1.47. The normalized spacial score (nSPS) is 13.8. The van der Waals surface area contributed by atoms with Crippen LogP contribution in [-0.4, -0.2) is 24.6 Å². The van der Waals surface area contributed by atoms with E-state index >= 15 is 0 Å². The second-order valence-corrected chi connectivity index (χ2v) is 4.50. The largest absolute Gasteiger partial charge is 0.491 e. The summed E-state index contributed by atoms with van der Waals surface area (Å²) in [5.74, 6) is -0.646. The van der Waals surface area contributed by atoms with Crippen molar-refractivity contribution < 1.29 is 22.7 Å². The Morgan fingerprint density at radius 3 is 2.43 bits per heavy atom. The average Bonchev–Trinajstić information content (AvgIpc) is 2.35. The number of benzene rings is 1. The summed E-state index contributed by atoms with van der Waals surface area (Å²) < 4.78 is 43.3. The van der Waals surface area contributed by atoms with E-state index in [0.717, 1.165) is 6.07 Å². The van der Waals surface area contributed by atoms with Gasteiger partial charge in [0.2, 0.25) is 5.91 Å². The summed E-state index contributed by atoms with van der Waals surface area (Å²) in [6, 6.07) is 3.80. The van der Waals surface area contributed by atoms with Gasteiger partial charge in [-0.15, -0.1) is 12.4 Å². The molecule has 1 aromatic rings. The number of nitrogens with two attached hydrogens (primary N) is 1. The minimum atomic E-state index is -4.48. The number of carbonyl (C=O) groups excluding carboxylic acids is 1. The number of hydrogen-bond donors (Lipinski definition) is 2. The van der Waals surface area contributed by atoms with Crippen LogP contribution in [0, 0.1) is 0 Å². The van der Waals surface area contributed by atoms with Crippen LogP contribution in [0.1, 0.15) is 19.4 Å². The van der Waals surface area contributed by atoms with E-state index in [-0.39, 0.29) is 30.7 Å². The smallest absolute Gasteiger partial charge is 0.419 e. The van der Waals surface area contributed by atoms with Gasteiger partial charge in [0.1, 0.15) is 12.4 Å². The number of hydrogen-bond acceptors (Lipinski definition) is 3. The van der Waals surface area contributed by atoms with Gasteiger partial charge in [0, 0.05) is 0 Å². The lowest BCUT2D eigenvalue weighted by molar-refractivity contribution is -0.139. The van der Waals surface area contributed by atoms with E-state index in [2.05, 4.69) is 5.32 Å². The first-order chi connectivity index (χ1) is 9.21. The molecule has 1 aromatic carbocycles. The number of alkyl halides is 3. The lowest BCUT2D eigenvalue weighted by Crippen LogP contribution is -2.44. The van der Waals surface area contributed by atoms with Crippen LogP contribution in [0.3, 0.4) is 0 Å². The predicted molar refractivity (Wildman–Crippen MR) is 75.4 cm³/mol. The molecule has 0 spiro atoms. The third kappa shape index (κ3) is 6.22. The zero-order chi connectivity index (χ0) is 15.3. The molecule has 0 aliphatic rings. The quantitative estimate of drug-likeness (QED) is 0.873. The van der Waals surface area contributed by atoms with Crippen LogP contribution < -0.4 is 15.8 Å². The Morgan fingerprint density at radius 2 is 1.90 bits per heavy atom. The van der Waals surface area contributed by atoms with Crippen molar-refractivity contribution in [3.63, 3.8) is 0 Å². The monoisotopic (exact) mass is 326 g/mol. The number of para-hydroxylation sites is 1. The number of rotatable bonds is 5. The molecule has 0 saturated carbocycles. The third-order valence-electron chi connectivity index (χ3n) is 2.48. The van der Waals surface area contributed by atoms with Crippen molar-refractivity contribution in [3.8, 4) is 5.75 Å². The number of amides is 1. The van der Waals surface area contributed by atoms with Crippen LogP contribution in [0.4, 0.5) is 13.2 Å². The van der Waals surface area contributed by atoms with Gasteiger partial charge in [0.05, 0.1) is 17.6 Å². The Morgan fingerprint density at radius 1 is 1.33 bits per heavy atom. The highest BCUT2D eigenvalue weighted by atomic mass is 35.5. The molecule has 0 bridgehead atoms. The summed E-state index contributed by atoms with van der Waals surface area (Å²) in [6.07, 6.45) is -4.48. The summed E-state index contributed by atoms with van der Waals surface area (Å²) in [5.41, 5.74) is 4.53. The molecule has 1 rings (SSSR count). The molecule has 1 amide bonds. The Bertz CT molecular complexity index is 467. The molecule has 0 aromatic heterocycles. The van der Waals surface area contributed by atoms with Crippen LogP contribution in [0.2, 0.25) is 0 Å². The zero-order valence-electron chi connectivity index (χ0n) is 11.6. The van der Waals surface area contributed by atoms with Crippen molar-refractivity contribution >= 4 is 18.3 Å². The van der Waals surface area contributed by atoms with Gasteiger partial charge < -0.3 is 15.8 Å². The van der Waals surface area contributed by atoms with E-state index in [4.69, 9.17) is 10.5 Å². The Kier molecular flexibility index (Phi) is 7.52. The average molecular weight is 327 g/mol. The van der Waals surface area contributed by atoms with E-state index in [0.29, 0.717) is 0 Å². The molecular formula is C13H18ClF3N2O2. The van der Waals surface area contributed by atoms with Crippen LogP contribution in [-0.2, 0) is 11.0 Å². The second kappa shape index (κ2) is 8.09. The fourth-order valence-corrected chi connectivity index (χ4v) is 1.46. The standard InChI is InChI=1S/C13H17F3N2O2.ClH/c1-8(18-12(19)9(2)17)7-20-11-6-4-3-5-10(11)13(14,15)16;/h3-6,8-9H,7,17H2,1-2H3,(H,18,19);1H/t8?,9-;/m1./s1. The molecule has 4 nitrogen and oxygen atoms in total. The summed E-state index contributed by atoms with van der Waals surface area (Å²) >= 11 is 0. The summed E-state index contributed by atoms with van der Waals surface area (Å²) in [5, 5.41) is 2.54. The summed E-state index contributed by atoms with van der Waals surface area (Å²) in [6.45, 7) is 3.06. The highest BCUT2D eigenvalue weighted by molar-refractivity contribution is 5.85. The van der Waals surface area contributed by atoms with Crippen LogP contribution in [0.25, 0.3) is 0 Å². The van der Waals surface area contributed by atoms with E-state index in [1.54, 1.807) is 6.92 Å². The topological polar surface area (TPSA) is 64.3 Å². The van der Waals surface area contributed by atoms with E-state index in [1.807, 2.05) is 0 Å².